The monoisotopic (exact) mass is 340 g/mol. The molecule has 120 valence electrons. The van der Waals surface area contributed by atoms with Crippen molar-refractivity contribution < 1.29 is 9.47 Å². The molecule has 0 amide bonds. The number of hydrogen-bond donors (Lipinski definition) is 2. The fourth-order valence-corrected chi connectivity index (χ4v) is 2.89. The molecule has 0 spiro atoms. The highest BCUT2D eigenvalue weighted by molar-refractivity contribution is 6.30. The van der Waals surface area contributed by atoms with Crippen molar-refractivity contribution >= 4 is 11.6 Å². The van der Waals surface area contributed by atoms with E-state index >= 15 is 0 Å². The Morgan fingerprint density at radius 2 is 2.33 bits per heavy atom. The Hall–Kier alpha value is -3.09. The summed E-state index contributed by atoms with van der Waals surface area (Å²) in [5.41, 5.74) is 8.32. The lowest BCUT2D eigenvalue weighted by molar-refractivity contribution is 0.359. The van der Waals surface area contributed by atoms with Crippen LogP contribution in [0.15, 0.2) is 29.7 Å². The standard InChI is InChI=1S/C17H13ClN4O2/c1-3-6-23-13-5-4-10(18)7-11(13)15-12(8-19)16(20)24-17-14(15)9(2)21-22-17/h1,4-5,7,15H,6,20H2,2H3,(H,21,22)/t15-/m1/s1. The predicted octanol–water partition coefficient (Wildman–Crippen LogP) is 2.60. The second-order valence-electron chi connectivity index (χ2n) is 5.17. The zero-order valence-electron chi connectivity index (χ0n) is 12.8. The SMILES string of the molecule is C#CCOc1ccc(Cl)cc1[C@@H]1C(C#N)=C(N)Oc2n[nH]c(C)c21. The fraction of sp³-hybridized carbons (Fsp3) is 0.176. The number of nitrogens with two attached hydrogens (primary N) is 1. The summed E-state index contributed by atoms with van der Waals surface area (Å²) in [5, 5.41) is 17.0. The number of fused-ring (bicyclic) bond motifs is 1. The van der Waals surface area contributed by atoms with Gasteiger partial charge in [0.05, 0.1) is 5.92 Å². The number of H-pyrrole nitrogens is 1. The van der Waals surface area contributed by atoms with Crippen LogP contribution in [0, 0.1) is 30.6 Å². The molecule has 1 aliphatic rings. The first-order valence-electron chi connectivity index (χ1n) is 7.05. The molecule has 1 aromatic heterocycles. The number of terminal acetylenes is 1. The Labute approximate surface area is 143 Å². The summed E-state index contributed by atoms with van der Waals surface area (Å²) in [5.74, 6) is 2.77. The van der Waals surface area contributed by atoms with Gasteiger partial charge in [0, 0.05) is 21.8 Å². The minimum Gasteiger partial charge on any atom is -0.481 e. The van der Waals surface area contributed by atoms with Crippen molar-refractivity contribution in [3.63, 3.8) is 0 Å². The first-order chi connectivity index (χ1) is 11.6. The van der Waals surface area contributed by atoms with Gasteiger partial charge in [0.15, 0.2) is 0 Å². The predicted molar refractivity (Wildman–Crippen MR) is 88.4 cm³/mol. The lowest BCUT2D eigenvalue weighted by atomic mass is 9.83. The van der Waals surface area contributed by atoms with Gasteiger partial charge in [-0.3, -0.25) is 5.10 Å². The van der Waals surface area contributed by atoms with E-state index in [0.717, 1.165) is 5.69 Å². The van der Waals surface area contributed by atoms with Gasteiger partial charge >= 0.3 is 0 Å². The van der Waals surface area contributed by atoms with Crippen LogP contribution in [-0.4, -0.2) is 16.8 Å². The number of nitrogens with one attached hydrogen (secondary N) is 1. The van der Waals surface area contributed by atoms with Crippen LogP contribution in [0.1, 0.15) is 22.7 Å². The maximum atomic E-state index is 9.58. The molecule has 1 atom stereocenters. The van der Waals surface area contributed by atoms with Crippen molar-refractivity contribution in [2.75, 3.05) is 6.61 Å². The summed E-state index contributed by atoms with van der Waals surface area (Å²) >= 11 is 6.16. The number of hydrogen-bond acceptors (Lipinski definition) is 5. The van der Waals surface area contributed by atoms with Gasteiger partial charge in [0.1, 0.15) is 24.0 Å². The maximum absolute atomic E-state index is 9.58. The van der Waals surface area contributed by atoms with Crippen LogP contribution in [0.25, 0.3) is 0 Å². The van der Waals surface area contributed by atoms with E-state index in [9.17, 15) is 5.26 Å². The second kappa shape index (κ2) is 6.19. The van der Waals surface area contributed by atoms with E-state index in [4.69, 9.17) is 33.2 Å². The smallest absolute Gasteiger partial charge is 0.244 e. The van der Waals surface area contributed by atoms with Gasteiger partial charge in [-0.15, -0.1) is 11.5 Å². The molecular weight excluding hydrogens is 328 g/mol. The van der Waals surface area contributed by atoms with Gasteiger partial charge < -0.3 is 15.2 Å². The second-order valence-corrected chi connectivity index (χ2v) is 5.60. The molecule has 6 nitrogen and oxygen atoms in total. The third-order valence-corrected chi connectivity index (χ3v) is 3.96. The van der Waals surface area contributed by atoms with Crippen molar-refractivity contribution in [1.29, 1.82) is 5.26 Å². The largest absolute Gasteiger partial charge is 0.481 e. The zero-order valence-corrected chi connectivity index (χ0v) is 13.5. The molecule has 2 aromatic rings. The molecule has 3 N–H and O–H groups in total. The lowest BCUT2D eigenvalue weighted by Gasteiger charge is -2.25. The average molecular weight is 341 g/mol. The Morgan fingerprint density at radius 1 is 1.54 bits per heavy atom. The molecule has 0 saturated heterocycles. The Morgan fingerprint density at radius 3 is 3.04 bits per heavy atom. The van der Waals surface area contributed by atoms with Crippen LogP contribution in [0.5, 0.6) is 11.6 Å². The van der Waals surface area contributed by atoms with E-state index in [-0.39, 0.29) is 18.1 Å². The first kappa shape index (κ1) is 15.8. The van der Waals surface area contributed by atoms with Crippen molar-refractivity contribution in [3.05, 3.63) is 51.5 Å². The van der Waals surface area contributed by atoms with Crippen LogP contribution in [0.4, 0.5) is 0 Å². The molecule has 7 heteroatoms. The van der Waals surface area contributed by atoms with Crippen LogP contribution in [0.3, 0.4) is 0 Å². The summed E-state index contributed by atoms with van der Waals surface area (Å²) in [4.78, 5) is 0. The number of aryl methyl sites for hydroxylation is 1. The first-order valence-corrected chi connectivity index (χ1v) is 7.42. The van der Waals surface area contributed by atoms with E-state index in [1.54, 1.807) is 18.2 Å². The third-order valence-electron chi connectivity index (χ3n) is 3.72. The van der Waals surface area contributed by atoms with E-state index in [1.165, 1.54) is 0 Å². The van der Waals surface area contributed by atoms with Gasteiger partial charge in [-0.2, -0.15) is 5.26 Å². The molecule has 3 rings (SSSR count). The number of benzene rings is 1. The summed E-state index contributed by atoms with van der Waals surface area (Å²) in [6.45, 7) is 1.93. The van der Waals surface area contributed by atoms with Crippen molar-refractivity contribution in [1.82, 2.24) is 10.2 Å². The Kier molecular flexibility index (Phi) is 4.07. The van der Waals surface area contributed by atoms with Gasteiger partial charge in [0.2, 0.25) is 11.8 Å². The Bertz CT molecular complexity index is 918. The van der Waals surface area contributed by atoms with Crippen molar-refractivity contribution in [2.45, 2.75) is 12.8 Å². The number of nitriles is 1. The molecule has 0 bridgehead atoms. The molecule has 1 aromatic carbocycles. The summed E-state index contributed by atoms with van der Waals surface area (Å²) < 4.78 is 11.1. The fourth-order valence-electron chi connectivity index (χ4n) is 2.71. The minimum absolute atomic E-state index is 0.00405. The van der Waals surface area contributed by atoms with Gasteiger partial charge in [-0.05, 0) is 25.1 Å². The molecule has 0 radical (unpaired) electrons. The van der Waals surface area contributed by atoms with Gasteiger partial charge in [0.25, 0.3) is 0 Å². The highest BCUT2D eigenvalue weighted by Crippen LogP contribution is 2.45. The highest BCUT2D eigenvalue weighted by Gasteiger charge is 2.36. The van der Waals surface area contributed by atoms with Crippen LogP contribution < -0.4 is 15.2 Å². The molecule has 0 aliphatic carbocycles. The number of ether oxygens (including phenoxy) is 2. The minimum atomic E-state index is -0.510. The summed E-state index contributed by atoms with van der Waals surface area (Å²) in [7, 11) is 0. The summed E-state index contributed by atoms with van der Waals surface area (Å²) in [6, 6.07) is 7.24. The molecule has 0 unspecified atom stereocenters. The van der Waals surface area contributed by atoms with Crippen LogP contribution in [-0.2, 0) is 0 Å². The number of rotatable bonds is 3. The maximum Gasteiger partial charge on any atom is 0.244 e. The molecular formula is C17H13ClN4O2. The van der Waals surface area contributed by atoms with Gasteiger partial charge in [-0.25, -0.2) is 0 Å². The number of allylic oxidation sites excluding steroid dienone is 1. The third kappa shape index (κ3) is 2.54. The Balaban J connectivity index is 2.24. The summed E-state index contributed by atoms with van der Waals surface area (Å²) in [6.07, 6.45) is 5.28. The number of aromatic amines is 1. The molecule has 24 heavy (non-hydrogen) atoms. The van der Waals surface area contributed by atoms with Gasteiger partial charge in [-0.1, -0.05) is 17.5 Å². The van der Waals surface area contributed by atoms with E-state index in [2.05, 4.69) is 22.2 Å². The molecule has 2 heterocycles. The molecule has 0 saturated carbocycles. The molecule has 1 aliphatic heterocycles. The lowest BCUT2D eigenvalue weighted by Crippen LogP contribution is -2.21. The zero-order chi connectivity index (χ0) is 17.3. The number of halogens is 1. The van der Waals surface area contributed by atoms with E-state index in [0.29, 0.717) is 27.8 Å². The van der Waals surface area contributed by atoms with Crippen LogP contribution >= 0.6 is 11.6 Å². The number of nitrogens with zero attached hydrogens (tertiary/aromatic N) is 2. The topological polar surface area (TPSA) is 96.9 Å². The van der Waals surface area contributed by atoms with E-state index < -0.39 is 5.92 Å². The molecule has 0 fully saturated rings. The van der Waals surface area contributed by atoms with Crippen molar-refractivity contribution in [2.24, 2.45) is 5.73 Å². The quantitative estimate of drug-likeness (QED) is 0.837. The number of aromatic nitrogens is 2. The van der Waals surface area contributed by atoms with Crippen molar-refractivity contribution in [3.8, 4) is 30.0 Å². The average Bonchev–Trinajstić information content (AvgIpc) is 2.93. The van der Waals surface area contributed by atoms with E-state index in [1.807, 2.05) is 6.92 Å². The highest BCUT2D eigenvalue weighted by atomic mass is 35.5. The normalized spacial score (nSPS) is 15.9. The van der Waals surface area contributed by atoms with Crippen LogP contribution in [0.2, 0.25) is 5.02 Å².